The van der Waals surface area contributed by atoms with E-state index in [9.17, 15) is 14.4 Å². The molecule has 0 saturated heterocycles. The fourth-order valence-electron chi connectivity index (χ4n) is 2.58. The highest BCUT2D eigenvalue weighted by molar-refractivity contribution is 6.00. The number of carboxylic acid groups (broad SMARTS) is 1. The number of nitrogens with one attached hydrogen (secondary N) is 1. The lowest BCUT2D eigenvalue weighted by molar-refractivity contribution is -0.141. The standard InChI is InChI=1S/C17H22N2O5/c1-3-11(17(22)23)18-15(20)9-10-19-12-7-5-6-8-14(12)24-13(4-2)16(19)21/h5-8,11,13H,3-4,9-10H2,1-2H3,(H,18,20)(H,22,23). The topological polar surface area (TPSA) is 95.9 Å². The molecule has 24 heavy (non-hydrogen) atoms. The number of fused-ring (bicyclic) bond motifs is 1. The van der Waals surface area contributed by atoms with Crippen LogP contribution in [0, 0.1) is 0 Å². The number of hydrogen-bond acceptors (Lipinski definition) is 4. The van der Waals surface area contributed by atoms with Crippen molar-refractivity contribution >= 4 is 23.5 Å². The van der Waals surface area contributed by atoms with Gasteiger partial charge in [0.05, 0.1) is 5.69 Å². The van der Waals surface area contributed by atoms with E-state index in [-0.39, 0.29) is 18.9 Å². The molecule has 2 rings (SSSR count). The molecule has 0 spiro atoms. The summed E-state index contributed by atoms with van der Waals surface area (Å²) in [5, 5.41) is 11.4. The summed E-state index contributed by atoms with van der Waals surface area (Å²) in [6, 6.07) is 6.27. The molecule has 0 radical (unpaired) electrons. The SMILES string of the molecule is CCC(NC(=O)CCN1C(=O)C(CC)Oc2ccccc21)C(=O)O. The zero-order valence-electron chi connectivity index (χ0n) is 13.8. The normalized spacial score (nSPS) is 17.7. The molecule has 1 heterocycles. The van der Waals surface area contributed by atoms with Gasteiger partial charge in [0, 0.05) is 13.0 Å². The highest BCUT2D eigenvalue weighted by atomic mass is 16.5. The van der Waals surface area contributed by atoms with Crippen molar-refractivity contribution in [2.75, 3.05) is 11.4 Å². The number of aliphatic carboxylic acids is 1. The van der Waals surface area contributed by atoms with Crippen molar-refractivity contribution in [3.63, 3.8) is 0 Å². The van der Waals surface area contributed by atoms with E-state index < -0.39 is 24.0 Å². The fraction of sp³-hybridized carbons (Fsp3) is 0.471. The molecule has 1 aromatic rings. The summed E-state index contributed by atoms with van der Waals surface area (Å²) in [6.07, 6.45) is 0.302. The minimum Gasteiger partial charge on any atom is -0.480 e. The predicted octanol–water partition coefficient (Wildman–Crippen LogP) is 1.56. The number of hydrogen-bond donors (Lipinski definition) is 2. The molecule has 0 bridgehead atoms. The Morgan fingerprint density at radius 2 is 2.04 bits per heavy atom. The molecule has 0 fully saturated rings. The maximum absolute atomic E-state index is 12.5. The first-order chi connectivity index (χ1) is 11.5. The van der Waals surface area contributed by atoms with Crippen LogP contribution in [0.4, 0.5) is 5.69 Å². The van der Waals surface area contributed by atoms with Crippen molar-refractivity contribution in [1.82, 2.24) is 5.32 Å². The molecule has 7 nitrogen and oxygen atoms in total. The molecule has 2 amide bonds. The van der Waals surface area contributed by atoms with Crippen LogP contribution in [-0.4, -0.2) is 41.6 Å². The number of benzene rings is 1. The summed E-state index contributed by atoms with van der Waals surface area (Å²) in [6.45, 7) is 3.73. The maximum Gasteiger partial charge on any atom is 0.326 e. The largest absolute Gasteiger partial charge is 0.480 e. The van der Waals surface area contributed by atoms with Crippen molar-refractivity contribution in [3.8, 4) is 5.75 Å². The van der Waals surface area contributed by atoms with Crippen LogP contribution in [0.5, 0.6) is 5.75 Å². The van der Waals surface area contributed by atoms with Crippen molar-refractivity contribution in [1.29, 1.82) is 0 Å². The molecular weight excluding hydrogens is 312 g/mol. The second kappa shape index (κ2) is 7.81. The van der Waals surface area contributed by atoms with Gasteiger partial charge in [0.2, 0.25) is 5.91 Å². The molecular formula is C17H22N2O5. The smallest absolute Gasteiger partial charge is 0.326 e. The van der Waals surface area contributed by atoms with Crippen molar-refractivity contribution in [3.05, 3.63) is 24.3 Å². The number of carboxylic acids is 1. The van der Waals surface area contributed by atoms with Gasteiger partial charge < -0.3 is 20.1 Å². The second-order valence-electron chi connectivity index (χ2n) is 5.59. The van der Waals surface area contributed by atoms with E-state index in [1.54, 1.807) is 25.1 Å². The first kappa shape index (κ1) is 17.8. The number of carbonyl (C=O) groups excluding carboxylic acids is 2. The van der Waals surface area contributed by atoms with E-state index in [4.69, 9.17) is 9.84 Å². The zero-order valence-corrected chi connectivity index (χ0v) is 13.8. The first-order valence-corrected chi connectivity index (χ1v) is 8.07. The molecule has 130 valence electrons. The van der Waals surface area contributed by atoms with Crippen LogP contribution in [-0.2, 0) is 14.4 Å². The number of ether oxygens (including phenoxy) is 1. The molecule has 1 aliphatic heterocycles. The number of anilines is 1. The van der Waals surface area contributed by atoms with Gasteiger partial charge in [-0.2, -0.15) is 0 Å². The van der Waals surface area contributed by atoms with Gasteiger partial charge in [0.25, 0.3) is 5.91 Å². The van der Waals surface area contributed by atoms with E-state index in [0.717, 1.165) is 0 Å². The zero-order chi connectivity index (χ0) is 17.7. The Hall–Kier alpha value is -2.57. The average Bonchev–Trinajstić information content (AvgIpc) is 2.58. The van der Waals surface area contributed by atoms with Crippen molar-refractivity contribution in [2.24, 2.45) is 0 Å². The Morgan fingerprint density at radius 1 is 1.33 bits per heavy atom. The number of nitrogens with zero attached hydrogens (tertiary/aromatic N) is 1. The minimum atomic E-state index is -1.07. The number of carbonyl (C=O) groups is 3. The molecule has 7 heteroatoms. The third-order valence-corrected chi connectivity index (χ3v) is 3.94. The predicted molar refractivity (Wildman–Crippen MR) is 88.0 cm³/mol. The Kier molecular flexibility index (Phi) is 5.78. The summed E-state index contributed by atoms with van der Waals surface area (Å²) in [4.78, 5) is 37.0. The van der Waals surface area contributed by atoms with Crippen molar-refractivity contribution < 1.29 is 24.2 Å². The van der Waals surface area contributed by atoms with Crippen molar-refractivity contribution in [2.45, 2.75) is 45.3 Å². The van der Waals surface area contributed by atoms with Gasteiger partial charge in [0.15, 0.2) is 6.10 Å². The Bertz CT molecular complexity index is 631. The molecule has 2 unspecified atom stereocenters. The van der Waals surface area contributed by atoms with Gasteiger partial charge in [-0.25, -0.2) is 4.79 Å². The van der Waals surface area contributed by atoms with Crippen LogP contribution < -0.4 is 15.0 Å². The fourth-order valence-corrected chi connectivity index (χ4v) is 2.58. The number of amides is 2. The summed E-state index contributed by atoms with van der Waals surface area (Å²) in [5.41, 5.74) is 0.630. The van der Waals surface area contributed by atoms with Gasteiger partial charge in [0.1, 0.15) is 11.8 Å². The molecule has 2 atom stereocenters. The van der Waals surface area contributed by atoms with Crippen LogP contribution in [0.1, 0.15) is 33.1 Å². The molecule has 1 aromatic carbocycles. The van der Waals surface area contributed by atoms with E-state index in [1.807, 2.05) is 13.0 Å². The molecule has 0 saturated carbocycles. The van der Waals surface area contributed by atoms with Crippen LogP contribution in [0.3, 0.4) is 0 Å². The summed E-state index contributed by atoms with van der Waals surface area (Å²) in [7, 11) is 0. The highest BCUT2D eigenvalue weighted by Crippen LogP contribution is 2.34. The first-order valence-electron chi connectivity index (χ1n) is 8.07. The van der Waals surface area contributed by atoms with Crippen LogP contribution >= 0.6 is 0 Å². The number of rotatable bonds is 7. The monoisotopic (exact) mass is 334 g/mol. The molecule has 2 N–H and O–H groups in total. The van der Waals surface area contributed by atoms with Crippen LogP contribution in [0.15, 0.2) is 24.3 Å². The van der Waals surface area contributed by atoms with Gasteiger partial charge >= 0.3 is 5.97 Å². The van der Waals surface area contributed by atoms with E-state index in [2.05, 4.69) is 5.32 Å². The maximum atomic E-state index is 12.5. The van der Waals surface area contributed by atoms with Gasteiger partial charge in [-0.1, -0.05) is 26.0 Å². The summed E-state index contributed by atoms with van der Waals surface area (Å²) >= 11 is 0. The minimum absolute atomic E-state index is 0.0281. The quantitative estimate of drug-likeness (QED) is 0.789. The van der Waals surface area contributed by atoms with E-state index in [0.29, 0.717) is 24.3 Å². The third kappa shape index (κ3) is 3.84. The van der Waals surface area contributed by atoms with Gasteiger partial charge in [-0.15, -0.1) is 0 Å². The lowest BCUT2D eigenvalue weighted by Gasteiger charge is -2.34. The Labute approximate surface area is 140 Å². The van der Waals surface area contributed by atoms with Gasteiger partial charge in [-0.05, 0) is 25.0 Å². The highest BCUT2D eigenvalue weighted by Gasteiger charge is 2.33. The Morgan fingerprint density at radius 3 is 2.67 bits per heavy atom. The second-order valence-corrected chi connectivity index (χ2v) is 5.59. The molecule has 0 aromatic heterocycles. The Balaban J connectivity index is 2.06. The van der Waals surface area contributed by atoms with E-state index >= 15 is 0 Å². The average molecular weight is 334 g/mol. The number of para-hydroxylation sites is 2. The summed E-state index contributed by atoms with van der Waals surface area (Å²) < 4.78 is 5.67. The van der Waals surface area contributed by atoms with Crippen LogP contribution in [0.2, 0.25) is 0 Å². The lowest BCUT2D eigenvalue weighted by Crippen LogP contribution is -2.47. The molecule has 1 aliphatic rings. The lowest BCUT2D eigenvalue weighted by atomic mass is 10.1. The summed E-state index contributed by atoms with van der Waals surface area (Å²) in [5.74, 6) is -1.03. The molecule has 0 aliphatic carbocycles. The van der Waals surface area contributed by atoms with Crippen LogP contribution in [0.25, 0.3) is 0 Å². The van der Waals surface area contributed by atoms with Gasteiger partial charge in [-0.3, -0.25) is 9.59 Å². The third-order valence-electron chi connectivity index (χ3n) is 3.94. The van der Waals surface area contributed by atoms with E-state index in [1.165, 1.54) is 4.90 Å².